The number of thioether (sulfide) groups is 1. The number of carbonyl (C=O) groups excluding carboxylic acids is 1. The topological polar surface area (TPSA) is 64.7 Å². The summed E-state index contributed by atoms with van der Waals surface area (Å²) in [6, 6.07) is 6.00. The Morgan fingerprint density at radius 1 is 1.62 bits per heavy atom. The fourth-order valence-corrected chi connectivity index (χ4v) is 4.11. The maximum atomic E-state index is 11.5. The zero-order valence-corrected chi connectivity index (χ0v) is 10.3. The van der Waals surface area contributed by atoms with Crippen molar-refractivity contribution in [3.63, 3.8) is 0 Å². The molecular formula is C11H10N2OS2. The molecule has 0 unspecified atom stereocenters. The maximum Gasteiger partial charge on any atom is 0.143 e. The summed E-state index contributed by atoms with van der Waals surface area (Å²) in [6.45, 7) is 1.53. The van der Waals surface area contributed by atoms with Crippen molar-refractivity contribution in [2.75, 3.05) is 0 Å². The molecule has 0 aromatic carbocycles. The van der Waals surface area contributed by atoms with Crippen molar-refractivity contribution in [2.45, 2.75) is 18.1 Å². The van der Waals surface area contributed by atoms with E-state index in [4.69, 9.17) is 10.7 Å². The first-order chi connectivity index (χ1) is 7.65. The van der Waals surface area contributed by atoms with Gasteiger partial charge in [-0.15, -0.1) is 11.3 Å². The number of rotatable bonds is 2. The van der Waals surface area contributed by atoms with E-state index in [1.807, 2.05) is 17.5 Å². The van der Waals surface area contributed by atoms with Gasteiger partial charge >= 0.3 is 0 Å². The van der Waals surface area contributed by atoms with Gasteiger partial charge in [-0.2, -0.15) is 5.26 Å². The van der Waals surface area contributed by atoms with Gasteiger partial charge in [0.25, 0.3) is 0 Å². The van der Waals surface area contributed by atoms with Crippen molar-refractivity contribution in [3.05, 3.63) is 22.4 Å². The standard InChI is InChI=1S/C11H10N2OS2/c1-6(14)10-9(8-3-2-4-15-8)7(5-12)11(13)16-10/h2-4,7,9-10,13H,1H3/t7-,9-,10-/m0/s1. The Balaban J connectivity index is 2.41. The van der Waals surface area contributed by atoms with E-state index in [0.29, 0.717) is 5.04 Å². The molecule has 1 aromatic rings. The molecule has 0 amide bonds. The average Bonchev–Trinajstić information content (AvgIpc) is 2.83. The number of nitrogens with one attached hydrogen (secondary N) is 1. The molecule has 1 aromatic heterocycles. The summed E-state index contributed by atoms with van der Waals surface area (Å²) in [5.41, 5.74) is 0. The smallest absolute Gasteiger partial charge is 0.143 e. The van der Waals surface area contributed by atoms with E-state index in [2.05, 4.69) is 6.07 Å². The quantitative estimate of drug-likeness (QED) is 0.877. The highest BCUT2D eigenvalue weighted by atomic mass is 32.2. The van der Waals surface area contributed by atoms with Crippen molar-refractivity contribution < 1.29 is 4.79 Å². The van der Waals surface area contributed by atoms with Crippen LogP contribution < -0.4 is 0 Å². The molecule has 2 rings (SSSR count). The van der Waals surface area contributed by atoms with E-state index in [0.717, 1.165) is 4.88 Å². The monoisotopic (exact) mass is 250 g/mol. The van der Waals surface area contributed by atoms with Crippen molar-refractivity contribution in [2.24, 2.45) is 5.92 Å². The third-order valence-electron chi connectivity index (χ3n) is 2.63. The minimum absolute atomic E-state index is 0.0471. The Morgan fingerprint density at radius 2 is 2.38 bits per heavy atom. The molecule has 0 bridgehead atoms. The van der Waals surface area contributed by atoms with Crippen LogP contribution in [-0.4, -0.2) is 16.1 Å². The van der Waals surface area contributed by atoms with Gasteiger partial charge in [0.2, 0.25) is 0 Å². The molecule has 1 N–H and O–H groups in total. The summed E-state index contributed by atoms with van der Waals surface area (Å²) in [4.78, 5) is 12.6. The SMILES string of the molecule is CC(=O)[C@@H]1SC(=N)[C@@H](C#N)[C@H]1c1cccs1. The lowest BCUT2D eigenvalue weighted by atomic mass is 9.88. The molecule has 1 saturated heterocycles. The Bertz CT molecular complexity index is 461. The van der Waals surface area contributed by atoms with Crippen molar-refractivity contribution >= 4 is 33.9 Å². The molecule has 0 aliphatic carbocycles. The number of nitriles is 1. The lowest BCUT2D eigenvalue weighted by molar-refractivity contribution is -0.116. The van der Waals surface area contributed by atoms with Gasteiger partial charge in [-0.05, 0) is 18.4 Å². The van der Waals surface area contributed by atoms with Crippen molar-refractivity contribution in [3.8, 4) is 6.07 Å². The Kier molecular flexibility index (Phi) is 3.13. The van der Waals surface area contributed by atoms with Crippen LogP contribution in [0.3, 0.4) is 0 Å². The molecule has 3 atom stereocenters. The second-order valence-electron chi connectivity index (χ2n) is 3.66. The molecule has 2 heterocycles. The predicted molar refractivity (Wildman–Crippen MR) is 65.9 cm³/mol. The van der Waals surface area contributed by atoms with Gasteiger partial charge in [-0.1, -0.05) is 17.8 Å². The lowest BCUT2D eigenvalue weighted by Crippen LogP contribution is -2.21. The highest BCUT2D eigenvalue weighted by molar-refractivity contribution is 8.15. The van der Waals surface area contributed by atoms with Crippen LogP contribution >= 0.6 is 23.1 Å². The van der Waals surface area contributed by atoms with Crippen LogP contribution in [0, 0.1) is 22.7 Å². The fourth-order valence-electron chi connectivity index (χ4n) is 1.89. The number of thiophene rings is 1. The van der Waals surface area contributed by atoms with Crippen LogP contribution in [0.4, 0.5) is 0 Å². The molecule has 5 heteroatoms. The third kappa shape index (κ3) is 1.79. The number of carbonyl (C=O) groups is 1. The summed E-state index contributed by atoms with van der Waals surface area (Å²) in [5.74, 6) is -0.552. The molecular weight excluding hydrogens is 240 g/mol. The molecule has 1 aliphatic heterocycles. The molecule has 3 nitrogen and oxygen atoms in total. The zero-order chi connectivity index (χ0) is 11.7. The molecule has 1 aliphatic rings. The molecule has 0 saturated carbocycles. The number of Topliss-reactive ketones (excluding diaryl/α,β-unsaturated/α-hetero) is 1. The van der Waals surface area contributed by atoms with E-state index < -0.39 is 5.92 Å². The second kappa shape index (κ2) is 4.40. The first-order valence-electron chi connectivity index (χ1n) is 4.83. The van der Waals surface area contributed by atoms with Gasteiger partial charge < -0.3 is 0 Å². The summed E-state index contributed by atoms with van der Waals surface area (Å²) >= 11 is 2.78. The zero-order valence-electron chi connectivity index (χ0n) is 8.64. The van der Waals surface area contributed by atoms with E-state index in [1.165, 1.54) is 18.7 Å². The van der Waals surface area contributed by atoms with Crippen molar-refractivity contribution in [1.82, 2.24) is 0 Å². The first-order valence-corrected chi connectivity index (χ1v) is 6.59. The van der Waals surface area contributed by atoms with Crippen LogP contribution in [0.15, 0.2) is 17.5 Å². The largest absolute Gasteiger partial charge is 0.299 e. The summed E-state index contributed by atoms with van der Waals surface area (Å²) in [6.07, 6.45) is 0. The third-order valence-corrected chi connectivity index (χ3v) is 4.99. The average molecular weight is 250 g/mol. The van der Waals surface area contributed by atoms with Gasteiger partial charge in [-0.3, -0.25) is 10.2 Å². The van der Waals surface area contributed by atoms with Gasteiger partial charge in [0, 0.05) is 10.8 Å². The molecule has 0 spiro atoms. The number of hydrogen-bond acceptors (Lipinski definition) is 5. The number of hydrogen-bond donors (Lipinski definition) is 1. The summed E-state index contributed by atoms with van der Waals surface area (Å²) in [5, 5.41) is 18.8. The molecule has 0 radical (unpaired) electrons. The van der Waals surface area contributed by atoms with Gasteiger partial charge in [0.15, 0.2) is 0 Å². The number of ketones is 1. The molecule has 1 fully saturated rings. The van der Waals surface area contributed by atoms with E-state index in [9.17, 15) is 4.79 Å². The molecule has 82 valence electrons. The Labute approximate surface area is 102 Å². The van der Waals surface area contributed by atoms with Crippen LogP contribution in [0.5, 0.6) is 0 Å². The van der Waals surface area contributed by atoms with Gasteiger partial charge in [-0.25, -0.2) is 0 Å². The minimum Gasteiger partial charge on any atom is -0.299 e. The van der Waals surface area contributed by atoms with E-state index in [-0.39, 0.29) is 17.0 Å². The van der Waals surface area contributed by atoms with Gasteiger partial charge in [0.1, 0.15) is 11.7 Å². The Morgan fingerprint density at radius 3 is 2.88 bits per heavy atom. The Hall–Kier alpha value is -1.12. The highest BCUT2D eigenvalue weighted by Crippen LogP contribution is 2.46. The minimum atomic E-state index is -0.461. The van der Waals surface area contributed by atoms with Gasteiger partial charge in [0.05, 0.1) is 16.4 Å². The van der Waals surface area contributed by atoms with Crippen molar-refractivity contribution in [1.29, 1.82) is 10.7 Å². The summed E-state index contributed by atoms with van der Waals surface area (Å²) < 4.78 is 0. The maximum absolute atomic E-state index is 11.5. The normalized spacial score (nSPS) is 29.0. The lowest BCUT2D eigenvalue weighted by Gasteiger charge is -2.15. The van der Waals surface area contributed by atoms with Crippen LogP contribution in [0.2, 0.25) is 0 Å². The van der Waals surface area contributed by atoms with E-state index >= 15 is 0 Å². The fraction of sp³-hybridized carbons (Fsp3) is 0.364. The molecule has 16 heavy (non-hydrogen) atoms. The highest BCUT2D eigenvalue weighted by Gasteiger charge is 2.44. The van der Waals surface area contributed by atoms with E-state index in [1.54, 1.807) is 11.3 Å². The summed E-state index contributed by atoms with van der Waals surface area (Å²) in [7, 11) is 0. The van der Waals surface area contributed by atoms with Crippen LogP contribution in [0.1, 0.15) is 17.7 Å². The van der Waals surface area contributed by atoms with Crippen LogP contribution in [0.25, 0.3) is 0 Å². The second-order valence-corrected chi connectivity index (χ2v) is 5.82. The first kappa shape index (κ1) is 11.4. The number of nitrogens with zero attached hydrogens (tertiary/aromatic N) is 1. The van der Waals surface area contributed by atoms with Crippen LogP contribution in [-0.2, 0) is 4.79 Å². The predicted octanol–water partition coefficient (Wildman–Crippen LogP) is 2.65.